The van der Waals surface area contributed by atoms with E-state index in [1.807, 2.05) is 30.3 Å². The lowest BCUT2D eigenvalue weighted by Crippen LogP contribution is -2.52. The Morgan fingerprint density at radius 1 is 1.03 bits per heavy atom. The highest BCUT2D eigenvalue weighted by molar-refractivity contribution is 7.16. The number of carbonyl (C=O) groups is 3. The minimum absolute atomic E-state index is 0.126. The Bertz CT molecular complexity index is 1360. The summed E-state index contributed by atoms with van der Waals surface area (Å²) in [5, 5.41) is 18.8. The van der Waals surface area contributed by atoms with Crippen molar-refractivity contribution in [3.8, 4) is 6.07 Å². The third-order valence-electron chi connectivity index (χ3n) is 6.44. The molecule has 0 bridgehead atoms. The van der Waals surface area contributed by atoms with E-state index in [1.165, 1.54) is 11.3 Å². The number of nitrogens with one attached hydrogen (secondary N) is 3. The summed E-state index contributed by atoms with van der Waals surface area (Å²) in [6, 6.07) is 17.6. The van der Waals surface area contributed by atoms with Crippen molar-refractivity contribution < 1.29 is 14.4 Å². The maximum atomic E-state index is 13.2. The van der Waals surface area contributed by atoms with E-state index in [0.29, 0.717) is 27.6 Å². The van der Waals surface area contributed by atoms with Crippen LogP contribution in [0.3, 0.4) is 0 Å². The van der Waals surface area contributed by atoms with Crippen LogP contribution in [-0.4, -0.2) is 30.3 Å². The number of anilines is 4. The molecule has 8 nitrogen and oxygen atoms in total. The first-order chi connectivity index (χ1) is 17.5. The molecule has 0 spiro atoms. The van der Waals surface area contributed by atoms with Crippen LogP contribution < -0.4 is 20.9 Å². The van der Waals surface area contributed by atoms with Crippen molar-refractivity contribution in [2.75, 3.05) is 27.4 Å². The van der Waals surface area contributed by atoms with Gasteiger partial charge in [-0.15, -0.1) is 11.3 Å². The van der Waals surface area contributed by atoms with Gasteiger partial charge in [0.15, 0.2) is 0 Å². The smallest absolute Gasteiger partial charge is 0.247 e. The molecule has 3 amide bonds. The van der Waals surface area contributed by atoms with E-state index in [0.717, 1.165) is 36.1 Å². The average Bonchev–Trinajstić information content (AvgIpc) is 3.23. The molecule has 36 heavy (non-hydrogen) atoms. The van der Waals surface area contributed by atoms with Gasteiger partial charge < -0.3 is 20.9 Å². The molecule has 182 valence electrons. The number of para-hydroxylation sites is 3. The normalized spacial score (nSPS) is 16.2. The Kier molecular flexibility index (Phi) is 6.69. The van der Waals surface area contributed by atoms with Gasteiger partial charge in [0.05, 0.1) is 29.9 Å². The minimum Gasteiger partial charge on any atom is -0.348 e. The van der Waals surface area contributed by atoms with Crippen LogP contribution in [0.5, 0.6) is 0 Å². The molecule has 2 aliphatic rings. The van der Waals surface area contributed by atoms with Crippen molar-refractivity contribution in [2.24, 2.45) is 0 Å². The molecule has 0 radical (unpaired) electrons. The van der Waals surface area contributed by atoms with Gasteiger partial charge in [-0.1, -0.05) is 30.3 Å². The number of hydrogen-bond acceptors (Lipinski definition) is 6. The van der Waals surface area contributed by atoms with Gasteiger partial charge in [0, 0.05) is 10.6 Å². The summed E-state index contributed by atoms with van der Waals surface area (Å²) in [6.45, 7) is -0.138. The predicted octanol–water partition coefficient (Wildman–Crippen LogP) is 4.29. The minimum atomic E-state index is -0.874. The van der Waals surface area contributed by atoms with Crippen molar-refractivity contribution in [3.63, 3.8) is 0 Å². The van der Waals surface area contributed by atoms with Crippen LogP contribution in [0.1, 0.15) is 35.3 Å². The number of fused-ring (bicyclic) bond motifs is 2. The molecule has 2 aromatic carbocycles. The fourth-order valence-electron chi connectivity index (χ4n) is 4.76. The van der Waals surface area contributed by atoms with Crippen molar-refractivity contribution in [1.29, 1.82) is 5.26 Å². The van der Waals surface area contributed by atoms with E-state index >= 15 is 0 Å². The zero-order valence-corrected chi connectivity index (χ0v) is 20.4. The lowest BCUT2D eigenvalue weighted by molar-refractivity contribution is -0.123. The number of nitrogens with zero attached hydrogens (tertiary/aromatic N) is 2. The molecule has 3 aromatic rings. The summed E-state index contributed by atoms with van der Waals surface area (Å²) in [7, 11) is 0. The Labute approximate surface area is 212 Å². The maximum Gasteiger partial charge on any atom is 0.247 e. The van der Waals surface area contributed by atoms with Crippen LogP contribution >= 0.6 is 11.3 Å². The van der Waals surface area contributed by atoms with Crippen molar-refractivity contribution >= 4 is 51.1 Å². The van der Waals surface area contributed by atoms with Crippen LogP contribution in [-0.2, 0) is 27.2 Å². The maximum absolute atomic E-state index is 13.2. The molecule has 9 heteroatoms. The number of rotatable bonds is 6. The third kappa shape index (κ3) is 4.81. The molecule has 0 fully saturated rings. The zero-order valence-electron chi connectivity index (χ0n) is 19.5. The number of hydrogen-bond donors (Lipinski definition) is 3. The highest BCUT2D eigenvalue weighted by atomic mass is 32.1. The molecule has 2 heterocycles. The Balaban J connectivity index is 1.37. The second-order valence-electron chi connectivity index (χ2n) is 8.84. The molecule has 1 aliphatic carbocycles. The molecular formula is C27H25N5O3S. The third-order valence-corrected chi connectivity index (χ3v) is 7.64. The van der Waals surface area contributed by atoms with E-state index in [1.54, 1.807) is 29.2 Å². The first-order valence-corrected chi connectivity index (χ1v) is 12.7. The SMILES string of the molecule is N#Cc1c(NC(=O)CN2c3ccccc3NC(=O)C2CC(=O)Nc2ccccc2)sc2c1CCCC2. The van der Waals surface area contributed by atoms with Gasteiger partial charge in [0.1, 0.15) is 17.1 Å². The van der Waals surface area contributed by atoms with Crippen molar-refractivity contribution in [3.05, 3.63) is 70.6 Å². The van der Waals surface area contributed by atoms with Crippen LogP contribution in [0.4, 0.5) is 22.1 Å². The fraction of sp³-hybridized carbons (Fsp3) is 0.259. The van der Waals surface area contributed by atoms with Crippen molar-refractivity contribution in [1.82, 2.24) is 0 Å². The molecule has 1 unspecified atom stereocenters. The van der Waals surface area contributed by atoms with Crippen LogP contribution in [0.15, 0.2) is 54.6 Å². The second kappa shape index (κ2) is 10.2. The van der Waals surface area contributed by atoms with E-state index in [-0.39, 0.29) is 30.7 Å². The Morgan fingerprint density at radius 2 is 1.78 bits per heavy atom. The van der Waals surface area contributed by atoms with Gasteiger partial charge in [0.25, 0.3) is 0 Å². The first-order valence-electron chi connectivity index (χ1n) is 11.9. The fourth-order valence-corrected chi connectivity index (χ4v) is 6.01. The second-order valence-corrected chi connectivity index (χ2v) is 9.95. The van der Waals surface area contributed by atoms with E-state index in [9.17, 15) is 19.6 Å². The molecule has 0 saturated heterocycles. The molecule has 0 saturated carbocycles. The highest BCUT2D eigenvalue weighted by Crippen LogP contribution is 2.38. The topological polar surface area (TPSA) is 114 Å². The van der Waals surface area contributed by atoms with Gasteiger partial charge in [-0.3, -0.25) is 14.4 Å². The molecule has 1 aromatic heterocycles. The van der Waals surface area contributed by atoms with Gasteiger partial charge in [-0.25, -0.2) is 0 Å². The summed E-state index contributed by atoms with van der Waals surface area (Å²) < 4.78 is 0. The predicted molar refractivity (Wildman–Crippen MR) is 140 cm³/mol. The van der Waals surface area contributed by atoms with Crippen LogP contribution in [0.2, 0.25) is 0 Å². The number of nitriles is 1. The van der Waals surface area contributed by atoms with Gasteiger partial charge >= 0.3 is 0 Å². The Morgan fingerprint density at radius 3 is 2.58 bits per heavy atom. The van der Waals surface area contributed by atoms with Crippen molar-refractivity contribution in [2.45, 2.75) is 38.1 Å². The summed E-state index contributed by atoms with van der Waals surface area (Å²) in [6.07, 6.45) is 3.77. The summed E-state index contributed by atoms with van der Waals surface area (Å²) >= 11 is 1.46. The average molecular weight is 500 g/mol. The van der Waals surface area contributed by atoms with Gasteiger partial charge in [0.2, 0.25) is 17.7 Å². The van der Waals surface area contributed by atoms with Gasteiger partial charge in [-0.2, -0.15) is 5.26 Å². The zero-order chi connectivity index (χ0) is 25.1. The molecule has 1 atom stereocenters. The summed E-state index contributed by atoms with van der Waals surface area (Å²) in [5.74, 6) is -1.03. The molecule has 5 rings (SSSR count). The van der Waals surface area contributed by atoms with Crippen LogP contribution in [0, 0.1) is 11.3 Å². The lowest BCUT2D eigenvalue weighted by atomic mass is 9.96. The summed E-state index contributed by atoms with van der Waals surface area (Å²) in [5.41, 5.74) is 3.46. The molecule has 3 N–H and O–H groups in total. The number of thiophene rings is 1. The molecular weight excluding hydrogens is 474 g/mol. The van der Waals surface area contributed by atoms with Crippen LogP contribution in [0.25, 0.3) is 0 Å². The number of amides is 3. The quantitative estimate of drug-likeness (QED) is 0.468. The lowest BCUT2D eigenvalue weighted by Gasteiger charge is -2.37. The molecule has 1 aliphatic heterocycles. The Hall–Kier alpha value is -4.16. The first kappa shape index (κ1) is 23.6. The number of aryl methyl sites for hydroxylation is 1. The van der Waals surface area contributed by atoms with Gasteiger partial charge in [-0.05, 0) is 55.5 Å². The standard InChI is InChI=1S/C27H25N5O3S/c28-15-19-18-10-4-7-13-23(18)36-27(19)31-25(34)16-32-21-12-6-5-11-20(21)30-26(35)22(32)14-24(33)29-17-8-2-1-3-9-17/h1-3,5-6,8-9,11-12,22H,4,7,10,13-14,16H2,(H,29,33)(H,30,35)(H,31,34). The summed E-state index contributed by atoms with van der Waals surface area (Å²) in [4.78, 5) is 41.9. The number of benzene rings is 2. The van der Waals surface area contributed by atoms with E-state index in [4.69, 9.17) is 0 Å². The van der Waals surface area contributed by atoms with E-state index < -0.39 is 6.04 Å². The highest BCUT2D eigenvalue weighted by Gasteiger charge is 2.36. The number of carbonyl (C=O) groups excluding carboxylic acids is 3. The largest absolute Gasteiger partial charge is 0.348 e. The monoisotopic (exact) mass is 499 g/mol. The van der Waals surface area contributed by atoms with E-state index in [2.05, 4.69) is 22.0 Å².